The summed E-state index contributed by atoms with van der Waals surface area (Å²) in [4.78, 5) is 50.6. The maximum atomic E-state index is 13.6. The van der Waals surface area contributed by atoms with Crippen LogP contribution in [0.5, 0.6) is 0 Å². The van der Waals surface area contributed by atoms with Crippen LogP contribution >= 0.6 is 0 Å². The molecule has 0 amide bonds. The number of carbonyl (C=O) groups excluding carboxylic acids is 4. The molecule has 1 N–H and O–H groups in total. The summed E-state index contributed by atoms with van der Waals surface area (Å²) in [7, 11) is -5.85. The molecule has 0 radical (unpaired) electrons. The number of hydrogen-bond donors (Lipinski definition) is 1. The molecule has 16 heteroatoms. The number of hydrogen-bond acceptors (Lipinski definition) is 12. The molecule has 2 aliphatic carbocycles. The molecular weight excluding hydrogens is 590 g/mol. The first-order valence-corrected chi connectivity index (χ1v) is 15.1. The van der Waals surface area contributed by atoms with Gasteiger partial charge in [-0.3, -0.25) is 14.1 Å². The minimum atomic E-state index is -5.85. The molecule has 5 aliphatic rings. The lowest BCUT2D eigenvalue weighted by Gasteiger charge is -2.46. The largest absolute Gasteiger partial charge is 0.458 e. The second-order valence-electron chi connectivity index (χ2n) is 12.8. The van der Waals surface area contributed by atoms with Crippen molar-refractivity contribution in [1.29, 1.82) is 0 Å². The van der Waals surface area contributed by atoms with Crippen molar-refractivity contribution >= 4 is 34.0 Å². The molecule has 3 heterocycles. The fourth-order valence-electron chi connectivity index (χ4n) is 7.69. The zero-order chi connectivity index (χ0) is 31.2. The molecule has 5 fully saturated rings. The number of ether oxygens (including phenoxy) is 6. The maximum Gasteiger partial charge on any atom is 0.405 e. The number of halogens is 2. The molecular formula is C26H34F2O13S. The molecule has 3 aliphatic heterocycles. The van der Waals surface area contributed by atoms with E-state index in [0.717, 1.165) is 12.8 Å². The lowest BCUT2D eigenvalue weighted by molar-refractivity contribution is -0.187. The minimum Gasteiger partial charge on any atom is -0.458 e. The molecule has 236 valence electrons. The van der Waals surface area contributed by atoms with Crippen LogP contribution in [0.3, 0.4) is 0 Å². The molecule has 13 nitrogen and oxygen atoms in total. The normalized spacial score (nSPS) is 40.1. The molecule has 0 spiro atoms. The van der Waals surface area contributed by atoms with Crippen LogP contribution in [-0.4, -0.2) is 91.4 Å². The average Bonchev–Trinajstić information content (AvgIpc) is 3.56. The van der Waals surface area contributed by atoms with Crippen LogP contribution in [0.25, 0.3) is 0 Å². The Morgan fingerprint density at radius 2 is 1.74 bits per heavy atom. The smallest absolute Gasteiger partial charge is 0.405 e. The summed E-state index contributed by atoms with van der Waals surface area (Å²) >= 11 is 0. The summed E-state index contributed by atoms with van der Waals surface area (Å²) in [6.45, 7) is 7.04. The first-order valence-electron chi connectivity index (χ1n) is 13.7. The second-order valence-corrected chi connectivity index (χ2v) is 14.3. The lowest BCUT2D eigenvalue weighted by Crippen LogP contribution is -2.52. The van der Waals surface area contributed by atoms with Gasteiger partial charge in [0.25, 0.3) is 0 Å². The zero-order valence-corrected chi connectivity index (χ0v) is 24.5. The summed E-state index contributed by atoms with van der Waals surface area (Å²) in [6.07, 6.45) is -3.88. The standard InChI is InChI=1S/C26H34F2O13S/c1-11(26(27,28)42(33,34)35)37-13(29)9-36-10-14(30)38-19-18-16(15-17(39-18)20(19)40-21(15)31)22(32)41-25(5)8-12-6-7-24(25,4)23(12,2)3/h11-12,15-20H,6-10H2,1-5H3,(H,33,34,35). The second kappa shape index (κ2) is 9.79. The van der Waals surface area contributed by atoms with Crippen molar-refractivity contribution in [2.75, 3.05) is 13.2 Å². The fourth-order valence-corrected chi connectivity index (χ4v) is 8.16. The Morgan fingerprint density at radius 1 is 1.10 bits per heavy atom. The number of alkyl halides is 2. The Balaban J connectivity index is 1.18. The molecule has 5 rings (SSSR count). The van der Waals surface area contributed by atoms with Gasteiger partial charge in [-0.1, -0.05) is 20.8 Å². The van der Waals surface area contributed by atoms with Crippen molar-refractivity contribution in [3.8, 4) is 0 Å². The van der Waals surface area contributed by atoms with Crippen molar-refractivity contribution in [2.24, 2.45) is 28.6 Å². The van der Waals surface area contributed by atoms with Gasteiger partial charge in [0.2, 0.25) is 0 Å². The summed E-state index contributed by atoms with van der Waals surface area (Å²) in [5.41, 5.74) is -1.09. The predicted molar refractivity (Wildman–Crippen MR) is 132 cm³/mol. The zero-order valence-electron chi connectivity index (χ0n) is 23.7. The Labute approximate surface area is 240 Å². The van der Waals surface area contributed by atoms with E-state index in [9.17, 15) is 36.4 Å². The third-order valence-corrected chi connectivity index (χ3v) is 11.6. The summed E-state index contributed by atoms with van der Waals surface area (Å²) in [6, 6.07) is 0. The molecule has 10 unspecified atom stereocenters. The van der Waals surface area contributed by atoms with E-state index in [1.807, 2.05) is 6.92 Å². The maximum absolute atomic E-state index is 13.6. The Bertz CT molecular complexity index is 1300. The van der Waals surface area contributed by atoms with E-state index in [2.05, 4.69) is 25.5 Å². The Kier molecular flexibility index (Phi) is 7.23. The van der Waals surface area contributed by atoms with Crippen LogP contribution in [0.1, 0.15) is 53.9 Å². The minimum absolute atomic E-state index is 0.0511. The molecule has 0 aromatic carbocycles. The predicted octanol–water partition coefficient (Wildman–Crippen LogP) is 1.41. The van der Waals surface area contributed by atoms with Gasteiger partial charge in [-0.25, -0.2) is 9.59 Å². The van der Waals surface area contributed by atoms with Crippen molar-refractivity contribution in [3.05, 3.63) is 0 Å². The highest BCUT2D eigenvalue weighted by Crippen LogP contribution is 2.71. The summed E-state index contributed by atoms with van der Waals surface area (Å²) in [5.74, 6) is -5.36. The van der Waals surface area contributed by atoms with E-state index in [1.54, 1.807) is 0 Å². The molecule has 0 aromatic heterocycles. The molecule has 2 saturated carbocycles. The monoisotopic (exact) mass is 624 g/mol. The first kappa shape index (κ1) is 31.0. The molecule has 3 saturated heterocycles. The van der Waals surface area contributed by atoms with E-state index in [4.69, 9.17) is 28.2 Å². The molecule has 42 heavy (non-hydrogen) atoms. The SMILES string of the molecule is CC(OC(=O)COCC(=O)OC1C2OC(=O)C3C2OC1C3C(=O)OC1(C)CC2CCC1(C)C2(C)C)C(F)(F)S(=O)(=O)O. The highest BCUT2D eigenvalue weighted by Gasteiger charge is 2.74. The van der Waals surface area contributed by atoms with E-state index >= 15 is 0 Å². The molecule has 10 atom stereocenters. The average molecular weight is 625 g/mol. The Hall–Kier alpha value is -2.43. The van der Waals surface area contributed by atoms with Gasteiger partial charge in [-0.15, -0.1) is 0 Å². The highest BCUT2D eigenvalue weighted by molar-refractivity contribution is 7.86. The van der Waals surface area contributed by atoms with E-state index in [1.165, 1.54) is 0 Å². The number of esters is 4. The van der Waals surface area contributed by atoms with Crippen LogP contribution in [0.4, 0.5) is 8.78 Å². The third-order valence-electron chi connectivity index (χ3n) is 10.6. The van der Waals surface area contributed by atoms with Crippen LogP contribution in [0, 0.1) is 28.6 Å². The van der Waals surface area contributed by atoms with Crippen LogP contribution in [0.15, 0.2) is 0 Å². The molecule has 0 aromatic rings. The Morgan fingerprint density at radius 3 is 2.31 bits per heavy atom. The van der Waals surface area contributed by atoms with E-state index in [0.29, 0.717) is 19.3 Å². The van der Waals surface area contributed by atoms with Crippen LogP contribution in [-0.2, 0) is 57.7 Å². The number of rotatable bonds is 10. The van der Waals surface area contributed by atoms with Crippen molar-refractivity contribution in [2.45, 2.75) is 95.3 Å². The third kappa shape index (κ3) is 4.42. The number of carbonyl (C=O) groups is 4. The summed E-state index contributed by atoms with van der Waals surface area (Å²) < 4.78 is 89.1. The van der Waals surface area contributed by atoms with Gasteiger partial charge >= 0.3 is 39.2 Å². The quantitative estimate of drug-likeness (QED) is 0.210. The fraction of sp³-hybridized carbons (Fsp3) is 0.846. The first-order chi connectivity index (χ1) is 19.2. The lowest BCUT2D eigenvalue weighted by atomic mass is 9.65. The van der Waals surface area contributed by atoms with Gasteiger partial charge in [0, 0.05) is 5.41 Å². The van der Waals surface area contributed by atoms with Gasteiger partial charge in [-0.2, -0.15) is 17.2 Å². The molecule has 4 bridgehead atoms. The van der Waals surface area contributed by atoms with E-state index < -0.39 is 100 Å². The number of fused-ring (bicyclic) bond motifs is 3. The van der Waals surface area contributed by atoms with Gasteiger partial charge < -0.3 is 28.4 Å². The van der Waals surface area contributed by atoms with Gasteiger partial charge in [-0.05, 0) is 44.4 Å². The van der Waals surface area contributed by atoms with E-state index in [-0.39, 0.29) is 10.8 Å². The highest BCUT2D eigenvalue weighted by atomic mass is 32.2. The van der Waals surface area contributed by atoms with Crippen LogP contribution in [0.2, 0.25) is 0 Å². The van der Waals surface area contributed by atoms with Crippen LogP contribution < -0.4 is 0 Å². The van der Waals surface area contributed by atoms with Crippen molar-refractivity contribution < 1.29 is 69.4 Å². The van der Waals surface area contributed by atoms with Crippen molar-refractivity contribution in [1.82, 2.24) is 0 Å². The van der Waals surface area contributed by atoms with Gasteiger partial charge in [0.1, 0.15) is 42.9 Å². The van der Waals surface area contributed by atoms with Gasteiger partial charge in [0.15, 0.2) is 18.3 Å². The summed E-state index contributed by atoms with van der Waals surface area (Å²) in [5, 5.41) is -4.76. The van der Waals surface area contributed by atoms with Gasteiger partial charge in [0.05, 0.1) is 0 Å². The van der Waals surface area contributed by atoms with Crippen molar-refractivity contribution in [3.63, 3.8) is 0 Å². The topological polar surface area (TPSA) is 178 Å².